The first-order valence-corrected chi connectivity index (χ1v) is 5.64. The van der Waals surface area contributed by atoms with E-state index in [1.807, 2.05) is 52.8 Å². The van der Waals surface area contributed by atoms with E-state index < -0.39 is 0 Å². The van der Waals surface area contributed by atoms with Crippen molar-refractivity contribution in [1.29, 1.82) is 0 Å². The van der Waals surface area contributed by atoms with Gasteiger partial charge in [-0.15, -0.1) is 0 Å². The number of aliphatic imine (C=N–C) groups is 1. The molecule has 1 atom stereocenters. The fraction of sp³-hybridized carbons (Fsp3) is 0.429. The van der Waals surface area contributed by atoms with E-state index >= 15 is 0 Å². The summed E-state index contributed by atoms with van der Waals surface area (Å²) in [5.74, 6) is -0.141. The monoisotopic (exact) mass is 221 g/mol. The Morgan fingerprint density at radius 1 is 1.25 bits per heavy atom. The van der Waals surface area contributed by atoms with Crippen molar-refractivity contribution in [1.82, 2.24) is 0 Å². The third kappa shape index (κ3) is 6.93. The lowest BCUT2D eigenvalue weighted by Gasteiger charge is -2.04. The minimum Gasteiger partial charge on any atom is -0.292 e. The maximum atomic E-state index is 11.7. The fourth-order valence-electron chi connectivity index (χ4n) is 1.01. The van der Waals surface area contributed by atoms with Crippen LogP contribution in [0.5, 0.6) is 0 Å². The van der Waals surface area contributed by atoms with E-state index in [0.717, 1.165) is 0 Å². The highest BCUT2D eigenvalue weighted by atomic mass is 16.1. The van der Waals surface area contributed by atoms with Gasteiger partial charge < -0.3 is 0 Å². The lowest BCUT2D eigenvalue weighted by atomic mass is 10.0. The SMILES string of the molecule is C=N/C(=C\C=C/C)C(=O)C(C)/C=C/C.CC. The number of hydrogen-bond acceptors (Lipinski definition) is 2. The van der Waals surface area contributed by atoms with Gasteiger partial charge in [0, 0.05) is 5.92 Å². The summed E-state index contributed by atoms with van der Waals surface area (Å²) in [6.07, 6.45) is 9.01. The standard InChI is InChI=1S/C12H17NO.C2H6/c1-5-7-9-11(13-4)12(14)10(3)8-6-2;1-2/h5-10H,4H2,1-3H3;1-2H3/b7-5-,8-6+,11-9-;. The molecule has 0 aliphatic rings. The molecule has 0 aliphatic carbocycles. The molecular weight excluding hydrogens is 198 g/mol. The molecule has 16 heavy (non-hydrogen) atoms. The van der Waals surface area contributed by atoms with Crippen molar-refractivity contribution in [3.63, 3.8) is 0 Å². The van der Waals surface area contributed by atoms with Crippen LogP contribution in [0.15, 0.2) is 41.1 Å². The van der Waals surface area contributed by atoms with Crippen LogP contribution in [0.25, 0.3) is 0 Å². The fourth-order valence-corrected chi connectivity index (χ4v) is 1.01. The van der Waals surface area contributed by atoms with Crippen molar-refractivity contribution in [3.8, 4) is 0 Å². The van der Waals surface area contributed by atoms with Crippen LogP contribution in [0.4, 0.5) is 0 Å². The number of Topliss-reactive ketones (excluding diaryl/α,β-unsaturated/α-hetero) is 1. The molecule has 0 fully saturated rings. The van der Waals surface area contributed by atoms with Gasteiger partial charge in [-0.1, -0.05) is 45.1 Å². The molecule has 0 N–H and O–H groups in total. The Labute approximate surface area is 99.5 Å². The van der Waals surface area contributed by atoms with Gasteiger partial charge in [-0.25, -0.2) is 0 Å². The predicted molar refractivity (Wildman–Crippen MR) is 72.8 cm³/mol. The molecule has 0 spiro atoms. The van der Waals surface area contributed by atoms with Gasteiger partial charge in [0.25, 0.3) is 0 Å². The second-order valence-corrected chi connectivity index (χ2v) is 2.91. The molecule has 0 heterocycles. The minimum absolute atomic E-state index is 0.00352. The molecule has 1 unspecified atom stereocenters. The topological polar surface area (TPSA) is 29.4 Å². The van der Waals surface area contributed by atoms with Crippen LogP contribution in [0.1, 0.15) is 34.6 Å². The zero-order valence-electron chi connectivity index (χ0n) is 11.0. The van der Waals surface area contributed by atoms with Gasteiger partial charge >= 0.3 is 0 Å². The average Bonchev–Trinajstić information content (AvgIpc) is 2.32. The van der Waals surface area contributed by atoms with Gasteiger partial charge in [0.05, 0.1) is 0 Å². The molecule has 2 nitrogen and oxygen atoms in total. The normalized spacial score (nSPS) is 13.4. The van der Waals surface area contributed by atoms with Crippen molar-refractivity contribution < 1.29 is 4.79 Å². The Hall–Kier alpha value is -1.44. The molecule has 0 aromatic heterocycles. The number of carbonyl (C=O) groups is 1. The van der Waals surface area contributed by atoms with Gasteiger partial charge in [0.2, 0.25) is 0 Å². The molecule has 0 saturated carbocycles. The summed E-state index contributed by atoms with van der Waals surface area (Å²) in [5.41, 5.74) is 0.411. The summed E-state index contributed by atoms with van der Waals surface area (Å²) in [5, 5.41) is 0. The maximum absolute atomic E-state index is 11.7. The van der Waals surface area contributed by atoms with Crippen molar-refractivity contribution in [2.45, 2.75) is 34.6 Å². The van der Waals surface area contributed by atoms with Crippen LogP contribution in [-0.4, -0.2) is 12.5 Å². The number of carbonyl (C=O) groups excluding carboxylic acids is 1. The van der Waals surface area contributed by atoms with E-state index in [-0.39, 0.29) is 11.7 Å². The molecule has 0 saturated heterocycles. The van der Waals surface area contributed by atoms with Crippen molar-refractivity contribution in [2.24, 2.45) is 10.9 Å². The largest absolute Gasteiger partial charge is 0.292 e. The predicted octanol–water partition coefficient (Wildman–Crippen LogP) is 3.95. The van der Waals surface area contributed by atoms with Crippen molar-refractivity contribution in [2.75, 3.05) is 0 Å². The third-order valence-electron chi connectivity index (χ3n) is 1.76. The quantitative estimate of drug-likeness (QED) is 0.299. The minimum atomic E-state index is -0.137. The van der Waals surface area contributed by atoms with Gasteiger partial charge in [0.1, 0.15) is 5.70 Å². The Kier molecular flexibility index (Phi) is 12.3. The van der Waals surface area contributed by atoms with Gasteiger partial charge in [-0.2, -0.15) is 0 Å². The van der Waals surface area contributed by atoms with E-state index in [4.69, 9.17) is 0 Å². The smallest absolute Gasteiger partial charge is 0.187 e. The van der Waals surface area contributed by atoms with E-state index in [2.05, 4.69) is 11.7 Å². The van der Waals surface area contributed by atoms with E-state index in [1.54, 1.807) is 12.2 Å². The second-order valence-electron chi connectivity index (χ2n) is 2.91. The second kappa shape index (κ2) is 11.6. The number of hydrogen-bond donors (Lipinski definition) is 0. The highest BCUT2D eigenvalue weighted by molar-refractivity contribution is 5.98. The van der Waals surface area contributed by atoms with E-state index in [1.165, 1.54) is 0 Å². The van der Waals surface area contributed by atoms with Gasteiger partial charge in [-0.3, -0.25) is 9.79 Å². The summed E-state index contributed by atoms with van der Waals surface area (Å²) in [6, 6.07) is 0. The molecule has 0 radical (unpaired) electrons. The highest BCUT2D eigenvalue weighted by Gasteiger charge is 2.12. The van der Waals surface area contributed by atoms with Gasteiger partial charge in [0.15, 0.2) is 5.78 Å². The first-order valence-electron chi connectivity index (χ1n) is 5.64. The highest BCUT2D eigenvalue weighted by Crippen LogP contribution is 2.09. The van der Waals surface area contributed by atoms with Crippen LogP contribution >= 0.6 is 0 Å². The first kappa shape index (κ1) is 17.0. The third-order valence-corrected chi connectivity index (χ3v) is 1.76. The van der Waals surface area contributed by atoms with Crippen LogP contribution in [0.3, 0.4) is 0 Å². The molecule has 0 aromatic carbocycles. The maximum Gasteiger partial charge on any atom is 0.187 e. The molecular formula is C14H23NO. The molecule has 0 aromatic rings. The molecule has 90 valence electrons. The molecule has 0 aliphatic heterocycles. The van der Waals surface area contributed by atoms with Crippen LogP contribution < -0.4 is 0 Å². The summed E-state index contributed by atoms with van der Waals surface area (Å²) in [7, 11) is 0. The Morgan fingerprint density at radius 3 is 2.19 bits per heavy atom. The zero-order valence-corrected chi connectivity index (χ0v) is 11.0. The average molecular weight is 221 g/mol. The first-order chi connectivity index (χ1) is 7.67. The van der Waals surface area contributed by atoms with E-state index in [0.29, 0.717) is 5.70 Å². The van der Waals surface area contributed by atoms with Gasteiger partial charge in [-0.05, 0) is 26.6 Å². The lowest BCUT2D eigenvalue weighted by molar-refractivity contribution is -0.117. The Balaban J connectivity index is 0. The molecule has 2 heteroatoms. The molecule has 0 rings (SSSR count). The van der Waals surface area contributed by atoms with Crippen molar-refractivity contribution >= 4 is 12.5 Å². The summed E-state index contributed by atoms with van der Waals surface area (Å²) < 4.78 is 0. The lowest BCUT2D eigenvalue weighted by Crippen LogP contribution is -2.09. The summed E-state index contributed by atoms with van der Waals surface area (Å²) >= 11 is 0. The summed E-state index contributed by atoms with van der Waals surface area (Å²) in [4.78, 5) is 15.4. The Morgan fingerprint density at radius 2 is 1.81 bits per heavy atom. The van der Waals surface area contributed by atoms with Crippen LogP contribution in [-0.2, 0) is 4.79 Å². The number of nitrogens with zero attached hydrogens (tertiary/aromatic N) is 1. The summed E-state index contributed by atoms with van der Waals surface area (Å²) in [6.45, 7) is 13.0. The molecule has 0 amide bonds. The number of allylic oxidation sites excluding steroid dienone is 6. The zero-order chi connectivity index (χ0) is 13.0. The Bertz CT molecular complexity index is 285. The number of ketones is 1. The number of rotatable bonds is 5. The van der Waals surface area contributed by atoms with Crippen molar-refractivity contribution in [3.05, 3.63) is 36.1 Å². The van der Waals surface area contributed by atoms with Crippen LogP contribution in [0.2, 0.25) is 0 Å². The van der Waals surface area contributed by atoms with E-state index in [9.17, 15) is 4.79 Å². The molecule has 0 bridgehead atoms. The van der Waals surface area contributed by atoms with Crippen LogP contribution in [0, 0.1) is 5.92 Å².